The van der Waals surface area contributed by atoms with Crippen LogP contribution in [0.2, 0.25) is 0 Å². The van der Waals surface area contributed by atoms with Gasteiger partial charge in [0.1, 0.15) is 5.75 Å². The number of benzene rings is 2. The van der Waals surface area contributed by atoms with Crippen molar-refractivity contribution in [1.82, 2.24) is 10.2 Å². The molecule has 2 aromatic rings. The SMILES string of the molecule is CCN(CC(=O)NCCCN(C)c1ccccc1)CC(=O)Nc1ccc(OC)cc1. The van der Waals surface area contributed by atoms with E-state index in [4.69, 9.17) is 4.74 Å². The van der Waals surface area contributed by atoms with E-state index in [9.17, 15) is 9.59 Å². The summed E-state index contributed by atoms with van der Waals surface area (Å²) in [5.74, 6) is 0.505. The van der Waals surface area contributed by atoms with E-state index in [1.807, 2.05) is 37.1 Å². The number of nitrogens with zero attached hydrogens (tertiary/aromatic N) is 2. The summed E-state index contributed by atoms with van der Waals surface area (Å²) in [5, 5.41) is 5.78. The molecular weight excluding hydrogens is 380 g/mol. The molecule has 0 radical (unpaired) electrons. The summed E-state index contributed by atoms with van der Waals surface area (Å²) in [5.41, 5.74) is 1.85. The quantitative estimate of drug-likeness (QED) is 0.524. The Morgan fingerprint density at radius 2 is 1.63 bits per heavy atom. The Bertz CT molecular complexity index is 781. The standard InChI is InChI=1S/C23H32N4O3/c1-4-27(18-23(29)25-19-11-13-21(30-3)14-12-19)17-22(28)24-15-8-16-26(2)20-9-6-5-7-10-20/h5-7,9-14H,4,8,15-18H2,1-3H3,(H,24,28)(H,25,29). The van der Waals surface area contributed by atoms with Gasteiger partial charge >= 0.3 is 0 Å². The van der Waals surface area contributed by atoms with Crippen molar-refractivity contribution in [2.75, 3.05) is 57.1 Å². The Morgan fingerprint density at radius 1 is 0.967 bits per heavy atom. The number of amides is 2. The summed E-state index contributed by atoms with van der Waals surface area (Å²) in [6.45, 7) is 4.36. The average molecular weight is 413 g/mol. The summed E-state index contributed by atoms with van der Waals surface area (Å²) >= 11 is 0. The predicted octanol–water partition coefficient (Wildman–Crippen LogP) is 2.60. The normalized spacial score (nSPS) is 10.5. The van der Waals surface area contributed by atoms with Crippen LogP contribution in [0.25, 0.3) is 0 Å². The fourth-order valence-electron chi connectivity index (χ4n) is 2.97. The van der Waals surface area contributed by atoms with Crippen LogP contribution < -0.4 is 20.3 Å². The molecule has 2 amide bonds. The third kappa shape index (κ3) is 8.13. The van der Waals surface area contributed by atoms with E-state index in [1.165, 1.54) is 0 Å². The van der Waals surface area contributed by atoms with Gasteiger partial charge in [0.25, 0.3) is 0 Å². The second-order valence-electron chi connectivity index (χ2n) is 7.04. The van der Waals surface area contributed by atoms with Crippen molar-refractivity contribution in [2.24, 2.45) is 0 Å². The molecule has 2 aromatic carbocycles. The van der Waals surface area contributed by atoms with E-state index in [1.54, 1.807) is 31.4 Å². The number of ether oxygens (including phenoxy) is 1. The zero-order valence-electron chi connectivity index (χ0n) is 18.1. The maximum Gasteiger partial charge on any atom is 0.238 e. The second kappa shape index (κ2) is 12.5. The van der Waals surface area contributed by atoms with Gasteiger partial charge in [0.15, 0.2) is 0 Å². The van der Waals surface area contributed by atoms with E-state index >= 15 is 0 Å². The number of anilines is 2. The Morgan fingerprint density at radius 3 is 2.27 bits per heavy atom. The molecule has 0 unspecified atom stereocenters. The van der Waals surface area contributed by atoms with Crippen LogP contribution in [0, 0.1) is 0 Å². The third-order valence-electron chi connectivity index (χ3n) is 4.74. The monoisotopic (exact) mass is 412 g/mol. The molecule has 0 aliphatic rings. The first kappa shape index (κ1) is 23.2. The van der Waals surface area contributed by atoms with E-state index in [0.29, 0.717) is 18.8 Å². The molecular formula is C23H32N4O3. The Hall–Kier alpha value is -3.06. The maximum absolute atomic E-state index is 12.3. The highest BCUT2D eigenvalue weighted by Gasteiger charge is 2.13. The lowest BCUT2D eigenvalue weighted by Crippen LogP contribution is -2.41. The lowest BCUT2D eigenvalue weighted by molar-refractivity contribution is -0.123. The van der Waals surface area contributed by atoms with Gasteiger partial charge in [0.2, 0.25) is 11.8 Å². The molecule has 0 atom stereocenters. The molecule has 0 fully saturated rings. The van der Waals surface area contributed by atoms with Crippen LogP contribution in [-0.4, -0.2) is 63.6 Å². The molecule has 7 heteroatoms. The smallest absolute Gasteiger partial charge is 0.238 e. The molecule has 0 saturated heterocycles. The largest absolute Gasteiger partial charge is 0.497 e. The first-order chi connectivity index (χ1) is 14.5. The lowest BCUT2D eigenvalue weighted by Gasteiger charge is -2.21. The molecule has 162 valence electrons. The van der Waals surface area contributed by atoms with Crippen LogP contribution in [0.3, 0.4) is 0 Å². The van der Waals surface area contributed by atoms with Gasteiger partial charge in [-0.25, -0.2) is 0 Å². The van der Waals surface area contributed by atoms with Gasteiger partial charge in [-0.15, -0.1) is 0 Å². The van der Waals surface area contributed by atoms with Crippen LogP contribution in [0.5, 0.6) is 5.75 Å². The van der Waals surface area contributed by atoms with Crippen LogP contribution >= 0.6 is 0 Å². The molecule has 0 bridgehead atoms. The highest BCUT2D eigenvalue weighted by molar-refractivity contribution is 5.92. The second-order valence-corrected chi connectivity index (χ2v) is 7.04. The molecule has 0 spiro atoms. The van der Waals surface area contributed by atoms with E-state index in [2.05, 4.69) is 27.7 Å². The Balaban J connectivity index is 1.67. The number of carbonyl (C=O) groups excluding carboxylic acids is 2. The lowest BCUT2D eigenvalue weighted by atomic mass is 10.3. The van der Waals surface area contributed by atoms with Gasteiger partial charge < -0.3 is 20.3 Å². The molecule has 2 N–H and O–H groups in total. The average Bonchev–Trinajstić information content (AvgIpc) is 2.77. The highest BCUT2D eigenvalue weighted by atomic mass is 16.5. The van der Waals surface area contributed by atoms with Crippen molar-refractivity contribution in [3.63, 3.8) is 0 Å². The number of nitrogens with one attached hydrogen (secondary N) is 2. The van der Waals surface area contributed by atoms with Gasteiger partial charge in [-0.05, 0) is 49.4 Å². The number of para-hydroxylation sites is 1. The molecule has 0 aromatic heterocycles. The number of methoxy groups -OCH3 is 1. The summed E-state index contributed by atoms with van der Waals surface area (Å²) in [6, 6.07) is 17.3. The number of hydrogen-bond donors (Lipinski definition) is 2. The highest BCUT2D eigenvalue weighted by Crippen LogP contribution is 2.15. The van der Waals surface area contributed by atoms with Crippen molar-refractivity contribution in [3.8, 4) is 5.75 Å². The first-order valence-corrected chi connectivity index (χ1v) is 10.2. The first-order valence-electron chi connectivity index (χ1n) is 10.2. The van der Waals surface area contributed by atoms with Crippen LogP contribution in [-0.2, 0) is 9.59 Å². The van der Waals surface area contributed by atoms with Crippen LogP contribution in [0.4, 0.5) is 11.4 Å². The van der Waals surface area contributed by atoms with Crippen molar-refractivity contribution in [3.05, 3.63) is 54.6 Å². The molecule has 0 saturated carbocycles. The molecule has 30 heavy (non-hydrogen) atoms. The molecule has 2 rings (SSSR count). The van der Waals surface area contributed by atoms with Gasteiger partial charge in [0.05, 0.1) is 20.2 Å². The Labute approximate surface area is 179 Å². The molecule has 0 aliphatic carbocycles. The predicted molar refractivity (Wildman–Crippen MR) is 121 cm³/mol. The minimum atomic E-state index is -0.153. The zero-order chi connectivity index (χ0) is 21.8. The number of rotatable bonds is 12. The molecule has 0 heterocycles. The Kier molecular flexibility index (Phi) is 9.67. The van der Waals surface area contributed by atoms with Crippen LogP contribution in [0.1, 0.15) is 13.3 Å². The zero-order valence-corrected chi connectivity index (χ0v) is 18.1. The topological polar surface area (TPSA) is 73.9 Å². The minimum absolute atomic E-state index is 0.0727. The van der Waals surface area contributed by atoms with Gasteiger partial charge in [-0.3, -0.25) is 14.5 Å². The minimum Gasteiger partial charge on any atom is -0.497 e. The number of hydrogen-bond acceptors (Lipinski definition) is 5. The molecule has 0 aliphatic heterocycles. The van der Waals surface area contributed by atoms with Gasteiger partial charge in [0, 0.05) is 31.5 Å². The van der Waals surface area contributed by atoms with E-state index in [0.717, 1.165) is 24.4 Å². The third-order valence-corrected chi connectivity index (χ3v) is 4.74. The number of likely N-dealkylation sites (N-methyl/N-ethyl adjacent to an activating group) is 1. The summed E-state index contributed by atoms with van der Waals surface area (Å²) < 4.78 is 5.11. The van der Waals surface area contributed by atoms with Crippen molar-refractivity contribution >= 4 is 23.2 Å². The van der Waals surface area contributed by atoms with Crippen molar-refractivity contribution in [2.45, 2.75) is 13.3 Å². The summed E-state index contributed by atoms with van der Waals surface area (Å²) in [7, 11) is 3.64. The summed E-state index contributed by atoms with van der Waals surface area (Å²) in [4.78, 5) is 28.5. The van der Waals surface area contributed by atoms with Gasteiger partial charge in [-0.2, -0.15) is 0 Å². The fraction of sp³-hybridized carbons (Fsp3) is 0.391. The summed E-state index contributed by atoms with van der Waals surface area (Å²) in [6.07, 6.45) is 0.848. The van der Waals surface area contributed by atoms with Crippen molar-refractivity contribution in [1.29, 1.82) is 0 Å². The van der Waals surface area contributed by atoms with Gasteiger partial charge in [-0.1, -0.05) is 25.1 Å². The van der Waals surface area contributed by atoms with Crippen molar-refractivity contribution < 1.29 is 14.3 Å². The fourth-order valence-corrected chi connectivity index (χ4v) is 2.97. The van der Waals surface area contributed by atoms with E-state index in [-0.39, 0.29) is 24.9 Å². The van der Waals surface area contributed by atoms with Crippen LogP contribution in [0.15, 0.2) is 54.6 Å². The van der Waals surface area contributed by atoms with E-state index < -0.39 is 0 Å². The number of carbonyl (C=O) groups is 2. The maximum atomic E-state index is 12.3. The molecule has 7 nitrogen and oxygen atoms in total.